The van der Waals surface area contributed by atoms with Crippen molar-refractivity contribution in [1.29, 1.82) is 0 Å². The van der Waals surface area contributed by atoms with Crippen LogP contribution in [0.15, 0.2) is 0 Å². The zero-order valence-corrected chi connectivity index (χ0v) is 13.1. The average molecular weight is 255 g/mol. The maximum absolute atomic E-state index is 5.89. The SMILES string of the molecule is CC(C)C[C@H](CN)CCN1CCN(C)C(C)(C)C1. The Morgan fingerprint density at radius 3 is 2.39 bits per heavy atom. The molecule has 0 bridgehead atoms. The fourth-order valence-electron chi connectivity index (χ4n) is 2.90. The fourth-order valence-corrected chi connectivity index (χ4v) is 2.90. The van der Waals surface area contributed by atoms with Gasteiger partial charge in [0.15, 0.2) is 0 Å². The van der Waals surface area contributed by atoms with E-state index in [9.17, 15) is 0 Å². The highest BCUT2D eigenvalue weighted by Crippen LogP contribution is 2.20. The van der Waals surface area contributed by atoms with Gasteiger partial charge in [-0.15, -0.1) is 0 Å². The Morgan fingerprint density at radius 2 is 1.89 bits per heavy atom. The molecular weight excluding hydrogens is 222 g/mol. The molecule has 1 saturated heterocycles. The topological polar surface area (TPSA) is 32.5 Å². The number of hydrogen-bond donors (Lipinski definition) is 1. The molecule has 1 atom stereocenters. The molecule has 18 heavy (non-hydrogen) atoms. The van der Waals surface area contributed by atoms with E-state index in [2.05, 4.69) is 44.5 Å². The second-order valence-corrected chi connectivity index (χ2v) is 7.03. The summed E-state index contributed by atoms with van der Waals surface area (Å²) >= 11 is 0. The highest BCUT2D eigenvalue weighted by atomic mass is 15.3. The van der Waals surface area contributed by atoms with Gasteiger partial charge in [-0.2, -0.15) is 0 Å². The molecule has 0 amide bonds. The molecule has 0 unspecified atom stereocenters. The van der Waals surface area contributed by atoms with Gasteiger partial charge in [0.2, 0.25) is 0 Å². The molecule has 0 radical (unpaired) electrons. The number of likely N-dealkylation sites (N-methyl/N-ethyl adjacent to an activating group) is 1. The first-order chi connectivity index (χ1) is 8.35. The van der Waals surface area contributed by atoms with Crippen molar-refractivity contribution in [3.8, 4) is 0 Å². The molecule has 0 aromatic carbocycles. The Hall–Kier alpha value is -0.120. The van der Waals surface area contributed by atoms with E-state index < -0.39 is 0 Å². The molecule has 1 aliphatic heterocycles. The molecule has 1 aliphatic rings. The van der Waals surface area contributed by atoms with Crippen molar-refractivity contribution in [2.45, 2.75) is 46.1 Å². The highest BCUT2D eigenvalue weighted by molar-refractivity contribution is 4.88. The van der Waals surface area contributed by atoms with Gasteiger partial charge in [-0.25, -0.2) is 0 Å². The molecule has 0 spiro atoms. The standard InChI is InChI=1S/C15H33N3/c1-13(2)10-14(11-16)6-7-18-9-8-17(5)15(3,4)12-18/h13-14H,6-12,16H2,1-5H3/t14-/m1/s1. The summed E-state index contributed by atoms with van der Waals surface area (Å²) in [6, 6.07) is 0. The van der Waals surface area contributed by atoms with Gasteiger partial charge in [0, 0.05) is 25.2 Å². The lowest BCUT2D eigenvalue weighted by molar-refractivity contribution is 0.0370. The molecule has 0 aromatic heterocycles. The van der Waals surface area contributed by atoms with Crippen LogP contribution < -0.4 is 5.73 Å². The van der Waals surface area contributed by atoms with Crippen molar-refractivity contribution in [3.63, 3.8) is 0 Å². The Kier molecular flexibility index (Phi) is 6.09. The summed E-state index contributed by atoms with van der Waals surface area (Å²) in [4.78, 5) is 5.08. The van der Waals surface area contributed by atoms with Crippen LogP contribution in [0.25, 0.3) is 0 Å². The van der Waals surface area contributed by atoms with Crippen LogP contribution in [0.3, 0.4) is 0 Å². The van der Waals surface area contributed by atoms with Crippen LogP contribution in [0.1, 0.15) is 40.5 Å². The van der Waals surface area contributed by atoms with Gasteiger partial charge in [0.1, 0.15) is 0 Å². The van der Waals surface area contributed by atoms with E-state index in [1.807, 2.05) is 0 Å². The van der Waals surface area contributed by atoms with Gasteiger partial charge in [-0.3, -0.25) is 4.90 Å². The molecule has 0 aliphatic carbocycles. The molecule has 0 aromatic rings. The first-order valence-corrected chi connectivity index (χ1v) is 7.49. The van der Waals surface area contributed by atoms with Gasteiger partial charge >= 0.3 is 0 Å². The molecule has 2 N–H and O–H groups in total. The molecule has 3 nitrogen and oxygen atoms in total. The van der Waals surface area contributed by atoms with E-state index in [4.69, 9.17) is 5.73 Å². The Balaban J connectivity index is 2.35. The van der Waals surface area contributed by atoms with E-state index in [0.717, 1.165) is 12.5 Å². The quantitative estimate of drug-likeness (QED) is 0.788. The Morgan fingerprint density at radius 1 is 1.22 bits per heavy atom. The van der Waals surface area contributed by atoms with Crippen molar-refractivity contribution in [2.75, 3.05) is 39.8 Å². The fraction of sp³-hybridized carbons (Fsp3) is 1.00. The number of piperazine rings is 1. The van der Waals surface area contributed by atoms with Crippen molar-refractivity contribution in [3.05, 3.63) is 0 Å². The smallest absolute Gasteiger partial charge is 0.0277 e. The zero-order valence-electron chi connectivity index (χ0n) is 13.1. The van der Waals surface area contributed by atoms with Gasteiger partial charge in [-0.1, -0.05) is 13.8 Å². The summed E-state index contributed by atoms with van der Waals surface area (Å²) in [6.07, 6.45) is 2.53. The molecule has 1 rings (SSSR count). The molecule has 1 heterocycles. The predicted octanol–water partition coefficient (Wildman–Crippen LogP) is 2.02. The van der Waals surface area contributed by atoms with Crippen LogP contribution in [0.4, 0.5) is 0 Å². The summed E-state index contributed by atoms with van der Waals surface area (Å²) in [6.45, 7) is 14.9. The minimum absolute atomic E-state index is 0.314. The van der Waals surface area contributed by atoms with E-state index >= 15 is 0 Å². The third-order valence-corrected chi connectivity index (χ3v) is 4.39. The van der Waals surface area contributed by atoms with Crippen LogP contribution in [-0.4, -0.2) is 55.1 Å². The van der Waals surface area contributed by atoms with Gasteiger partial charge in [0.05, 0.1) is 0 Å². The Bertz CT molecular complexity index is 238. The Labute approximate surface area is 114 Å². The lowest BCUT2D eigenvalue weighted by atomic mass is 9.93. The van der Waals surface area contributed by atoms with Gasteiger partial charge in [-0.05, 0) is 58.7 Å². The highest BCUT2D eigenvalue weighted by Gasteiger charge is 2.30. The maximum atomic E-state index is 5.89. The first kappa shape index (κ1) is 15.9. The molecule has 3 heteroatoms. The van der Waals surface area contributed by atoms with Crippen LogP contribution in [0.2, 0.25) is 0 Å². The van der Waals surface area contributed by atoms with Crippen LogP contribution in [0, 0.1) is 11.8 Å². The van der Waals surface area contributed by atoms with E-state index in [0.29, 0.717) is 11.5 Å². The van der Waals surface area contributed by atoms with Crippen LogP contribution in [0.5, 0.6) is 0 Å². The van der Waals surface area contributed by atoms with E-state index in [-0.39, 0.29) is 0 Å². The number of nitrogens with two attached hydrogens (primary N) is 1. The second kappa shape index (κ2) is 6.88. The third kappa shape index (κ3) is 4.87. The largest absolute Gasteiger partial charge is 0.330 e. The summed E-state index contributed by atoms with van der Waals surface area (Å²) in [5.41, 5.74) is 6.20. The lowest BCUT2D eigenvalue weighted by Crippen LogP contribution is -2.57. The summed E-state index contributed by atoms with van der Waals surface area (Å²) in [5.74, 6) is 1.47. The molecule has 0 saturated carbocycles. The summed E-state index contributed by atoms with van der Waals surface area (Å²) in [5, 5.41) is 0. The van der Waals surface area contributed by atoms with Gasteiger partial charge in [0.25, 0.3) is 0 Å². The van der Waals surface area contributed by atoms with E-state index in [1.54, 1.807) is 0 Å². The summed E-state index contributed by atoms with van der Waals surface area (Å²) < 4.78 is 0. The monoisotopic (exact) mass is 255 g/mol. The van der Waals surface area contributed by atoms with Crippen LogP contribution in [-0.2, 0) is 0 Å². The number of rotatable bonds is 6. The number of hydrogen-bond acceptors (Lipinski definition) is 3. The third-order valence-electron chi connectivity index (χ3n) is 4.39. The first-order valence-electron chi connectivity index (χ1n) is 7.49. The van der Waals surface area contributed by atoms with Gasteiger partial charge < -0.3 is 10.6 Å². The second-order valence-electron chi connectivity index (χ2n) is 7.03. The minimum Gasteiger partial charge on any atom is -0.330 e. The normalized spacial score (nSPS) is 23.5. The van der Waals surface area contributed by atoms with Crippen LogP contribution >= 0.6 is 0 Å². The van der Waals surface area contributed by atoms with Crippen molar-refractivity contribution < 1.29 is 0 Å². The molecule has 108 valence electrons. The summed E-state index contributed by atoms with van der Waals surface area (Å²) in [7, 11) is 2.23. The van der Waals surface area contributed by atoms with Crippen molar-refractivity contribution in [1.82, 2.24) is 9.80 Å². The predicted molar refractivity (Wildman–Crippen MR) is 79.8 cm³/mol. The van der Waals surface area contributed by atoms with E-state index in [1.165, 1.54) is 39.0 Å². The maximum Gasteiger partial charge on any atom is 0.0277 e. The molecule has 1 fully saturated rings. The zero-order chi connectivity index (χ0) is 13.8. The molecular formula is C15H33N3. The van der Waals surface area contributed by atoms with Crippen molar-refractivity contribution in [2.24, 2.45) is 17.6 Å². The average Bonchev–Trinajstić information content (AvgIpc) is 2.28. The minimum atomic E-state index is 0.314. The lowest BCUT2D eigenvalue weighted by Gasteiger charge is -2.45. The van der Waals surface area contributed by atoms with Crippen molar-refractivity contribution >= 4 is 0 Å². The number of nitrogens with zero attached hydrogens (tertiary/aromatic N) is 2.